The minimum absolute atomic E-state index is 0.0350. The second kappa shape index (κ2) is 11.2. The zero-order valence-corrected chi connectivity index (χ0v) is 22.8. The summed E-state index contributed by atoms with van der Waals surface area (Å²) in [5.41, 5.74) is 5.13. The van der Waals surface area contributed by atoms with Crippen molar-refractivity contribution in [2.45, 2.75) is 26.0 Å². The number of furan rings is 1. The van der Waals surface area contributed by atoms with E-state index in [-0.39, 0.29) is 30.2 Å². The lowest BCUT2D eigenvalue weighted by Crippen LogP contribution is -2.40. The lowest BCUT2D eigenvalue weighted by Gasteiger charge is -2.37. The van der Waals surface area contributed by atoms with E-state index in [2.05, 4.69) is 23.5 Å². The first-order valence-corrected chi connectivity index (χ1v) is 14.0. The van der Waals surface area contributed by atoms with Crippen LogP contribution in [0.4, 0.5) is 5.69 Å². The molecule has 2 aromatic heterocycles. The molecule has 2 amide bonds. The molecule has 3 aromatic carbocycles. The number of nitrogens with one attached hydrogen (secondary N) is 1. The average molecular weight is 549 g/mol. The molecule has 1 aliphatic heterocycles. The minimum atomic E-state index is -0.315. The van der Waals surface area contributed by atoms with Gasteiger partial charge in [0.1, 0.15) is 18.1 Å². The van der Waals surface area contributed by atoms with Crippen LogP contribution in [0.5, 0.6) is 5.75 Å². The van der Waals surface area contributed by atoms with Crippen molar-refractivity contribution in [3.63, 3.8) is 0 Å². The van der Waals surface area contributed by atoms with Crippen molar-refractivity contribution < 1.29 is 18.7 Å². The van der Waals surface area contributed by atoms with Crippen LogP contribution in [-0.2, 0) is 13.0 Å². The first-order valence-electron chi connectivity index (χ1n) is 13.2. The number of thiophene rings is 1. The Labute approximate surface area is 236 Å². The van der Waals surface area contributed by atoms with Crippen LogP contribution in [0.25, 0.3) is 0 Å². The summed E-state index contributed by atoms with van der Waals surface area (Å²) in [6, 6.07) is 30.7. The second-order valence-corrected chi connectivity index (χ2v) is 10.7. The normalized spacial score (nSPS) is 14.4. The van der Waals surface area contributed by atoms with Crippen LogP contribution in [0, 0.1) is 6.92 Å². The molecule has 1 unspecified atom stereocenters. The highest BCUT2D eigenvalue weighted by atomic mass is 32.1. The summed E-state index contributed by atoms with van der Waals surface area (Å²) in [7, 11) is 0. The summed E-state index contributed by atoms with van der Waals surface area (Å²) in [5, 5.41) is 4.78. The van der Waals surface area contributed by atoms with E-state index in [1.807, 2.05) is 83.9 Å². The predicted octanol–water partition coefficient (Wildman–Crippen LogP) is 7.27. The molecule has 3 heterocycles. The highest BCUT2D eigenvalue weighted by Gasteiger charge is 2.33. The molecule has 0 radical (unpaired) electrons. The van der Waals surface area contributed by atoms with E-state index in [0.29, 0.717) is 23.7 Å². The number of hydrogen-bond donors (Lipinski definition) is 1. The molecule has 200 valence electrons. The SMILES string of the molecule is Cc1ccc(NC(=O)c2ccc(COc3ccc4c(c3)C(c3ccccc3)N(C(=O)c3cccs3)CC4)o2)cc1. The number of fused-ring (bicyclic) bond motifs is 1. The third-order valence-electron chi connectivity index (χ3n) is 7.03. The molecule has 40 heavy (non-hydrogen) atoms. The number of aryl methyl sites for hydroxylation is 1. The Balaban J connectivity index is 1.20. The Morgan fingerprint density at radius 2 is 1.80 bits per heavy atom. The summed E-state index contributed by atoms with van der Waals surface area (Å²) < 4.78 is 11.9. The smallest absolute Gasteiger partial charge is 0.291 e. The second-order valence-electron chi connectivity index (χ2n) is 9.77. The fourth-order valence-electron chi connectivity index (χ4n) is 5.00. The van der Waals surface area contributed by atoms with Crippen molar-refractivity contribution >= 4 is 28.8 Å². The van der Waals surface area contributed by atoms with Gasteiger partial charge in [-0.1, -0.05) is 60.2 Å². The summed E-state index contributed by atoms with van der Waals surface area (Å²) in [4.78, 5) is 28.8. The molecule has 0 aliphatic carbocycles. The average Bonchev–Trinajstić information content (AvgIpc) is 3.70. The van der Waals surface area contributed by atoms with Crippen LogP contribution in [-0.4, -0.2) is 23.3 Å². The molecule has 1 aliphatic rings. The van der Waals surface area contributed by atoms with E-state index in [1.54, 1.807) is 12.1 Å². The zero-order chi connectivity index (χ0) is 27.5. The standard InChI is InChI=1S/C33H28N2O4S/c1-22-9-12-25(13-10-22)34-32(36)29-16-15-27(39-29)21-38-26-14-11-23-17-18-35(33(37)30-8-5-19-40-30)31(28(23)20-26)24-6-3-2-4-7-24/h2-16,19-20,31H,17-18,21H2,1H3,(H,34,36). The van der Waals surface area contributed by atoms with Crippen LogP contribution in [0.1, 0.15) is 54.3 Å². The number of carbonyl (C=O) groups excluding carboxylic acids is 2. The Bertz CT molecular complexity index is 1630. The lowest BCUT2D eigenvalue weighted by atomic mass is 9.88. The third-order valence-corrected chi connectivity index (χ3v) is 7.89. The van der Waals surface area contributed by atoms with Gasteiger partial charge < -0.3 is 19.4 Å². The fraction of sp³-hybridized carbons (Fsp3) is 0.152. The molecule has 1 N–H and O–H groups in total. The first kappa shape index (κ1) is 25.6. The van der Waals surface area contributed by atoms with Crippen molar-refractivity contribution in [2.75, 3.05) is 11.9 Å². The number of nitrogens with zero attached hydrogens (tertiary/aromatic N) is 1. The Morgan fingerprint density at radius 3 is 2.58 bits per heavy atom. The van der Waals surface area contributed by atoms with E-state index >= 15 is 0 Å². The number of benzene rings is 3. The van der Waals surface area contributed by atoms with Gasteiger partial charge in [-0.25, -0.2) is 0 Å². The van der Waals surface area contributed by atoms with Gasteiger partial charge in [-0.2, -0.15) is 0 Å². The fourth-order valence-corrected chi connectivity index (χ4v) is 5.68. The van der Waals surface area contributed by atoms with E-state index in [0.717, 1.165) is 28.0 Å². The van der Waals surface area contributed by atoms with Crippen molar-refractivity contribution in [3.8, 4) is 5.75 Å². The largest absolute Gasteiger partial charge is 0.486 e. The predicted molar refractivity (Wildman–Crippen MR) is 156 cm³/mol. The maximum Gasteiger partial charge on any atom is 0.291 e. The number of carbonyl (C=O) groups is 2. The molecular formula is C33H28N2O4S. The van der Waals surface area contributed by atoms with Gasteiger partial charge >= 0.3 is 0 Å². The van der Waals surface area contributed by atoms with Crippen molar-refractivity contribution in [1.29, 1.82) is 0 Å². The first-order chi connectivity index (χ1) is 19.5. The summed E-state index contributed by atoms with van der Waals surface area (Å²) in [6.45, 7) is 2.81. The van der Waals surface area contributed by atoms with Gasteiger partial charge in [0.15, 0.2) is 5.76 Å². The van der Waals surface area contributed by atoms with Crippen LogP contribution >= 0.6 is 11.3 Å². The summed E-state index contributed by atoms with van der Waals surface area (Å²) in [5.74, 6) is 1.16. The Morgan fingerprint density at radius 1 is 0.975 bits per heavy atom. The van der Waals surface area contributed by atoms with E-state index in [4.69, 9.17) is 9.15 Å². The Kier molecular flexibility index (Phi) is 7.21. The van der Waals surface area contributed by atoms with Gasteiger partial charge in [-0.3, -0.25) is 9.59 Å². The van der Waals surface area contributed by atoms with Crippen LogP contribution < -0.4 is 10.1 Å². The summed E-state index contributed by atoms with van der Waals surface area (Å²) >= 11 is 1.46. The molecule has 7 heteroatoms. The van der Waals surface area contributed by atoms with Crippen LogP contribution in [0.3, 0.4) is 0 Å². The molecule has 6 rings (SSSR count). The molecular weight excluding hydrogens is 520 g/mol. The molecule has 0 fully saturated rings. The van der Waals surface area contributed by atoms with Gasteiger partial charge in [0.25, 0.3) is 11.8 Å². The number of rotatable bonds is 7. The molecule has 6 nitrogen and oxygen atoms in total. The number of amides is 2. The maximum atomic E-state index is 13.5. The maximum absolute atomic E-state index is 13.5. The van der Waals surface area contributed by atoms with Gasteiger partial charge in [0, 0.05) is 12.2 Å². The molecule has 5 aromatic rings. The summed E-state index contributed by atoms with van der Waals surface area (Å²) in [6.07, 6.45) is 0.772. The van der Waals surface area contributed by atoms with Gasteiger partial charge in [0.2, 0.25) is 0 Å². The van der Waals surface area contributed by atoms with E-state index in [9.17, 15) is 9.59 Å². The zero-order valence-electron chi connectivity index (χ0n) is 22.0. The third kappa shape index (κ3) is 5.42. The minimum Gasteiger partial charge on any atom is -0.486 e. The van der Waals surface area contributed by atoms with Crippen molar-refractivity contribution in [3.05, 3.63) is 141 Å². The quantitative estimate of drug-likeness (QED) is 0.232. The Hall–Kier alpha value is -4.62. The number of anilines is 1. The van der Waals surface area contributed by atoms with E-state index < -0.39 is 0 Å². The highest BCUT2D eigenvalue weighted by molar-refractivity contribution is 7.12. The molecule has 1 atom stereocenters. The van der Waals surface area contributed by atoms with E-state index in [1.165, 1.54) is 16.9 Å². The monoisotopic (exact) mass is 548 g/mol. The van der Waals surface area contributed by atoms with Crippen LogP contribution in [0.2, 0.25) is 0 Å². The van der Waals surface area contributed by atoms with Gasteiger partial charge in [0.05, 0.1) is 10.9 Å². The van der Waals surface area contributed by atoms with Crippen molar-refractivity contribution in [2.24, 2.45) is 0 Å². The molecule has 0 bridgehead atoms. The highest BCUT2D eigenvalue weighted by Crippen LogP contribution is 2.38. The lowest BCUT2D eigenvalue weighted by molar-refractivity contribution is 0.0699. The van der Waals surface area contributed by atoms with Gasteiger partial charge in [-0.15, -0.1) is 11.3 Å². The van der Waals surface area contributed by atoms with Gasteiger partial charge in [-0.05, 0) is 77.9 Å². The molecule has 0 spiro atoms. The molecule has 0 saturated heterocycles. The number of ether oxygens (including phenoxy) is 1. The topological polar surface area (TPSA) is 71.8 Å². The van der Waals surface area contributed by atoms with Crippen molar-refractivity contribution in [1.82, 2.24) is 4.90 Å². The van der Waals surface area contributed by atoms with Crippen LogP contribution in [0.15, 0.2) is 107 Å². The molecule has 0 saturated carbocycles. The number of hydrogen-bond acceptors (Lipinski definition) is 5.